The molecule has 1 aromatic carbocycles. The van der Waals surface area contributed by atoms with E-state index >= 15 is 0 Å². The quantitative estimate of drug-likeness (QED) is 0.119. The van der Waals surface area contributed by atoms with Crippen molar-refractivity contribution in [2.24, 2.45) is 5.84 Å². The largest absolute Gasteiger partial charge is 0.380 e. The number of thiazole rings is 1. The van der Waals surface area contributed by atoms with Crippen LogP contribution in [0.15, 0.2) is 41.9 Å². The molecule has 6 N–H and O–H groups in total. The maximum Gasteiger partial charge on any atom is 0.255 e. The number of nitrogens with one attached hydrogen (secondary N) is 2. The van der Waals surface area contributed by atoms with Crippen LogP contribution in [-0.2, 0) is 9.59 Å². The summed E-state index contributed by atoms with van der Waals surface area (Å²) in [5.74, 6) is 4.46. The fourth-order valence-electron chi connectivity index (χ4n) is 3.90. The van der Waals surface area contributed by atoms with Crippen LogP contribution in [0.4, 0.5) is 10.8 Å². The lowest BCUT2D eigenvalue weighted by atomic mass is 10.1. The zero-order valence-corrected chi connectivity index (χ0v) is 22.6. The third kappa shape index (κ3) is 6.70. The van der Waals surface area contributed by atoms with E-state index in [2.05, 4.69) is 38.2 Å². The van der Waals surface area contributed by atoms with Crippen LogP contribution >= 0.6 is 33.9 Å². The summed E-state index contributed by atoms with van der Waals surface area (Å²) in [5, 5.41) is 30.7. The number of hydrogen-bond acceptors (Lipinski definition) is 9. The van der Waals surface area contributed by atoms with Crippen molar-refractivity contribution >= 4 is 56.6 Å². The molecule has 190 valence electrons. The number of aliphatic hydroxyl groups excluding tert-OH is 2. The Labute approximate surface area is 222 Å². The molecule has 1 aromatic heterocycles. The number of carbonyl (C=O) groups excluding carboxylic acids is 2. The van der Waals surface area contributed by atoms with Gasteiger partial charge in [0.2, 0.25) is 0 Å². The molecule has 0 saturated carbocycles. The second-order valence-electron chi connectivity index (χ2n) is 8.18. The van der Waals surface area contributed by atoms with Gasteiger partial charge in [-0.2, -0.15) is 0 Å². The maximum atomic E-state index is 13.0. The van der Waals surface area contributed by atoms with Gasteiger partial charge in [-0.25, -0.2) is 10.8 Å². The van der Waals surface area contributed by atoms with Crippen LogP contribution in [0.1, 0.15) is 43.1 Å². The third-order valence-corrected chi connectivity index (χ3v) is 7.23. The van der Waals surface area contributed by atoms with Gasteiger partial charge in [-0.05, 0) is 37.5 Å². The molecule has 0 unspecified atom stereocenters. The van der Waals surface area contributed by atoms with E-state index in [1.165, 1.54) is 21.2 Å². The molecular formula is C23H31IN6O4S. The molecule has 35 heavy (non-hydrogen) atoms. The number of amides is 2. The first-order valence-corrected chi connectivity index (χ1v) is 13.6. The van der Waals surface area contributed by atoms with Crippen molar-refractivity contribution in [2.45, 2.75) is 44.1 Å². The molecular weight excluding hydrogens is 583 g/mol. The van der Waals surface area contributed by atoms with E-state index in [-0.39, 0.29) is 6.04 Å². The number of alkyl halides is 1. The molecule has 1 aliphatic rings. The number of aliphatic hydroxyl groups is 2. The molecule has 2 amide bonds. The Morgan fingerprint density at radius 1 is 1.34 bits per heavy atom. The van der Waals surface area contributed by atoms with Crippen molar-refractivity contribution in [1.29, 1.82) is 0 Å². The SMILES string of the molecule is CNc1nc([C@H]2CCCN2C(=O)[C@H](O)[C@@H](O)C(=O)N[C@H](C)c2ccc(N(N)/C=C\CI)cc2)cs1. The number of rotatable bonds is 10. The number of anilines is 2. The normalized spacial score (nSPS) is 18.3. The summed E-state index contributed by atoms with van der Waals surface area (Å²) in [4.78, 5) is 31.5. The van der Waals surface area contributed by atoms with Crippen molar-refractivity contribution < 1.29 is 19.8 Å². The molecule has 1 fully saturated rings. The summed E-state index contributed by atoms with van der Waals surface area (Å²) in [7, 11) is 1.77. The molecule has 1 aliphatic heterocycles. The highest BCUT2D eigenvalue weighted by atomic mass is 127. The summed E-state index contributed by atoms with van der Waals surface area (Å²) in [6.45, 7) is 2.18. The van der Waals surface area contributed by atoms with Crippen molar-refractivity contribution in [3.05, 3.63) is 53.2 Å². The number of halogens is 1. The predicted molar refractivity (Wildman–Crippen MR) is 145 cm³/mol. The Morgan fingerprint density at radius 3 is 2.69 bits per heavy atom. The van der Waals surface area contributed by atoms with Crippen LogP contribution in [0.2, 0.25) is 0 Å². The van der Waals surface area contributed by atoms with Crippen molar-refractivity contribution in [3.63, 3.8) is 0 Å². The minimum absolute atomic E-state index is 0.294. The smallest absolute Gasteiger partial charge is 0.255 e. The Bertz CT molecular complexity index is 1030. The lowest BCUT2D eigenvalue weighted by Crippen LogP contribution is -2.51. The highest BCUT2D eigenvalue weighted by Gasteiger charge is 2.39. The van der Waals surface area contributed by atoms with Gasteiger partial charge in [0.15, 0.2) is 17.3 Å². The van der Waals surface area contributed by atoms with Gasteiger partial charge in [0, 0.05) is 29.6 Å². The summed E-state index contributed by atoms with van der Waals surface area (Å²) in [6.07, 6.45) is 1.37. The lowest BCUT2D eigenvalue weighted by molar-refractivity contribution is -0.154. The summed E-state index contributed by atoms with van der Waals surface area (Å²) < 4.78 is 0.837. The molecule has 12 heteroatoms. The molecule has 4 atom stereocenters. The number of hydrogen-bond donors (Lipinski definition) is 5. The Balaban J connectivity index is 1.60. The number of nitrogens with zero attached hydrogens (tertiary/aromatic N) is 3. The summed E-state index contributed by atoms with van der Waals surface area (Å²) in [6, 6.07) is 6.50. The second kappa shape index (κ2) is 12.6. The average molecular weight is 615 g/mol. The van der Waals surface area contributed by atoms with Gasteiger partial charge in [-0.15, -0.1) is 11.3 Å². The first kappa shape index (κ1) is 27.3. The van der Waals surface area contributed by atoms with Crippen LogP contribution in [0.5, 0.6) is 0 Å². The monoisotopic (exact) mass is 614 g/mol. The zero-order chi connectivity index (χ0) is 25.5. The van der Waals surface area contributed by atoms with Crippen LogP contribution in [0, 0.1) is 0 Å². The number of aromatic nitrogens is 1. The van der Waals surface area contributed by atoms with Crippen molar-refractivity contribution in [1.82, 2.24) is 15.2 Å². The first-order valence-electron chi connectivity index (χ1n) is 11.2. The van der Waals surface area contributed by atoms with E-state index in [4.69, 9.17) is 5.84 Å². The van der Waals surface area contributed by atoms with Crippen LogP contribution in [0.3, 0.4) is 0 Å². The number of nitrogens with two attached hydrogens (primary N) is 1. The Hall–Kier alpha value is -2.26. The van der Waals surface area contributed by atoms with Gasteiger partial charge in [-0.1, -0.05) is 40.8 Å². The van der Waals surface area contributed by atoms with E-state index in [0.717, 1.165) is 32.9 Å². The number of allylic oxidation sites excluding steroid dienone is 1. The topological polar surface area (TPSA) is 144 Å². The lowest BCUT2D eigenvalue weighted by Gasteiger charge is -2.28. The van der Waals surface area contributed by atoms with E-state index in [9.17, 15) is 19.8 Å². The van der Waals surface area contributed by atoms with E-state index in [0.29, 0.717) is 13.0 Å². The van der Waals surface area contributed by atoms with Gasteiger partial charge >= 0.3 is 0 Å². The van der Waals surface area contributed by atoms with Gasteiger partial charge in [0.1, 0.15) is 0 Å². The molecule has 2 aromatic rings. The van der Waals surface area contributed by atoms with E-state index in [1.54, 1.807) is 20.2 Å². The zero-order valence-electron chi connectivity index (χ0n) is 19.6. The van der Waals surface area contributed by atoms with Crippen LogP contribution in [0.25, 0.3) is 0 Å². The van der Waals surface area contributed by atoms with Gasteiger partial charge in [0.25, 0.3) is 11.8 Å². The highest BCUT2D eigenvalue weighted by molar-refractivity contribution is 14.1. The van der Waals surface area contributed by atoms with Crippen molar-refractivity contribution in [3.8, 4) is 0 Å². The van der Waals surface area contributed by atoms with Gasteiger partial charge < -0.3 is 25.7 Å². The molecule has 0 spiro atoms. The van der Waals surface area contributed by atoms with Crippen molar-refractivity contribution in [2.75, 3.05) is 28.3 Å². The number of hydrazine groups is 1. The van der Waals surface area contributed by atoms with Crippen LogP contribution < -0.4 is 21.5 Å². The van der Waals surface area contributed by atoms with E-state index < -0.39 is 30.1 Å². The maximum absolute atomic E-state index is 13.0. The van der Waals surface area contributed by atoms with Gasteiger partial charge in [0.05, 0.1) is 23.5 Å². The molecule has 10 nitrogen and oxygen atoms in total. The fourth-order valence-corrected chi connectivity index (χ4v) is 4.84. The Kier molecular flexibility index (Phi) is 9.86. The molecule has 1 saturated heterocycles. The number of benzene rings is 1. The molecule has 3 rings (SSSR count). The van der Waals surface area contributed by atoms with Crippen LogP contribution in [-0.4, -0.2) is 62.1 Å². The van der Waals surface area contributed by atoms with Gasteiger partial charge in [-0.3, -0.25) is 14.6 Å². The standard InChI is InChI=1S/C23H31IN6O4S/c1-14(15-6-8-16(9-7-15)30(25)12-4-10-24)27-21(33)19(31)20(32)22(34)29-11-3-5-18(29)17-13-35-23(26-2)28-17/h4,6-9,12-14,18-20,31-32H,3,5,10-11,25H2,1-2H3,(H,26,28)(H,27,33)/b12-4-/t14-,18-,19-,20-/m1/s1. The number of carbonyl (C=O) groups is 2. The second-order valence-corrected chi connectivity index (χ2v) is 9.91. The summed E-state index contributed by atoms with van der Waals surface area (Å²) >= 11 is 3.65. The molecule has 0 radical (unpaired) electrons. The fraction of sp³-hybridized carbons (Fsp3) is 0.435. The minimum Gasteiger partial charge on any atom is -0.380 e. The van der Waals surface area contributed by atoms with E-state index in [1.807, 2.05) is 35.7 Å². The third-order valence-electron chi connectivity index (χ3n) is 5.84. The summed E-state index contributed by atoms with van der Waals surface area (Å²) in [5.41, 5.74) is 2.29. The molecule has 0 aliphatic carbocycles. The highest BCUT2D eigenvalue weighted by Crippen LogP contribution is 2.34. The molecule has 2 heterocycles. The average Bonchev–Trinajstić information content (AvgIpc) is 3.55. The first-order chi connectivity index (χ1) is 16.8. The predicted octanol–water partition coefficient (Wildman–Crippen LogP) is 2.08. The molecule has 0 bridgehead atoms. The Morgan fingerprint density at radius 2 is 2.06 bits per heavy atom. The number of likely N-dealkylation sites (tertiary alicyclic amines) is 1. The minimum atomic E-state index is -1.90.